The minimum atomic E-state index is -1.73. The van der Waals surface area contributed by atoms with Crippen molar-refractivity contribution in [3.05, 3.63) is 95.8 Å². The van der Waals surface area contributed by atoms with Gasteiger partial charge in [0.05, 0.1) is 12.5 Å². The van der Waals surface area contributed by atoms with Crippen LogP contribution >= 0.6 is 0 Å². The van der Waals surface area contributed by atoms with Crippen molar-refractivity contribution in [2.24, 2.45) is 11.1 Å². The molecule has 2 heterocycles. The molecule has 1 aromatic heterocycles. The maximum absolute atomic E-state index is 15.2. The third kappa shape index (κ3) is 13.0. The van der Waals surface area contributed by atoms with Gasteiger partial charge in [0, 0.05) is 61.3 Å². The number of aromatic nitrogens is 1. The van der Waals surface area contributed by atoms with Gasteiger partial charge in [-0.1, -0.05) is 51.1 Å². The summed E-state index contributed by atoms with van der Waals surface area (Å²) in [6.45, 7) is 3.27. The molecule has 0 fully saturated rings. The Hall–Kier alpha value is -6.96. The lowest BCUT2D eigenvalue weighted by Gasteiger charge is -2.41. The number of hydrogen-bond acceptors (Lipinski definition) is 9. The van der Waals surface area contributed by atoms with E-state index in [0.29, 0.717) is 10.6 Å². The second kappa shape index (κ2) is 20.8. The summed E-state index contributed by atoms with van der Waals surface area (Å²) < 4.78 is 31.4. The number of aliphatic hydroxyl groups excluding tert-OH is 1. The second-order valence-electron chi connectivity index (χ2n) is 15.2. The molecular weight excluding hydrogens is 802 g/mol. The SMILES string of the molecule is CC(C)(C)[C@H](c1cc(-c2cc(F)ccc2F)cn1Cc1ccccc1)N(CC[C@H](NC(=O)[C@H](CC(N)=O)NC(=O)O)C(=O)NCCNC(=O)CN1C(=O)C=CC1=O)C(=O)CO. The number of hydrogen-bond donors (Lipinski definition) is 7. The zero-order valence-corrected chi connectivity index (χ0v) is 33.7. The second-order valence-corrected chi connectivity index (χ2v) is 15.2. The molecular formula is C41H48F2N8O10. The fourth-order valence-corrected chi connectivity index (χ4v) is 6.77. The molecule has 8 amide bonds. The van der Waals surface area contributed by atoms with Crippen molar-refractivity contribution in [2.75, 3.05) is 32.8 Å². The molecule has 3 aromatic rings. The molecule has 20 heteroatoms. The van der Waals surface area contributed by atoms with E-state index in [1.165, 1.54) is 4.90 Å². The minimum absolute atomic E-state index is 0.0492. The summed E-state index contributed by atoms with van der Waals surface area (Å²) in [5.74, 6) is -7.28. The Morgan fingerprint density at radius 3 is 2.13 bits per heavy atom. The van der Waals surface area contributed by atoms with Crippen LogP contribution in [-0.4, -0.2) is 117 Å². The summed E-state index contributed by atoms with van der Waals surface area (Å²) in [6, 6.07) is 9.58. The lowest BCUT2D eigenvalue weighted by Crippen LogP contribution is -2.56. The number of carboxylic acid groups (broad SMARTS) is 1. The van der Waals surface area contributed by atoms with Gasteiger partial charge in [0.15, 0.2) is 0 Å². The number of rotatable bonds is 20. The molecule has 8 N–H and O–H groups in total. The monoisotopic (exact) mass is 850 g/mol. The summed E-state index contributed by atoms with van der Waals surface area (Å²) in [5.41, 5.74) is 5.89. The van der Waals surface area contributed by atoms with Gasteiger partial charge in [-0.25, -0.2) is 13.6 Å². The van der Waals surface area contributed by atoms with Crippen LogP contribution in [0.15, 0.2) is 72.9 Å². The topological polar surface area (TPSA) is 263 Å². The van der Waals surface area contributed by atoms with Crippen molar-refractivity contribution in [1.82, 2.24) is 35.6 Å². The zero-order chi connectivity index (χ0) is 45.0. The fourth-order valence-electron chi connectivity index (χ4n) is 6.77. The first kappa shape index (κ1) is 46.7. The molecule has 0 bridgehead atoms. The molecule has 1 aliphatic heterocycles. The van der Waals surface area contributed by atoms with Crippen LogP contribution in [0.3, 0.4) is 0 Å². The first-order valence-corrected chi connectivity index (χ1v) is 19.0. The number of benzene rings is 2. The minimum Gasteiger partial charge on any atom is -0.465 e. The Labute approximate surface area is 349 Å². The number of imide groups is 1. The molecule has 4 rings (SSSR count). The van der Waals surface area contributed by atoms with Crippen LogP contribution in [0.1, 0.15) is 50.9 Å². The first-order valence-electron chi connectivity index (χ1n) is 19.0. The molecule has 1 aliphatic rings. The summed E-state index contributed by atoms with van der Waals surface area (Å²) in [4.78, 5) is 102. The van der Waals surface area contributed by atoms with Crippen molar-refractivity contribution < 1.29 is 57.4 Å². The van der Waals surface area contributed by atoms with Crippen molar-refractivity contribution in [3.8, 4) is 11.1 Å². The highest BCUT2D eigenvalue weighted by molar-refractivity contribution is 6.14. The number of halogens is 2. The van der Waals surface area contributed by atoms with Crippen molar-refractivity contribution in [1.29, 1.82) is 0 Å². The number of primary amides is 1. The molecule has 0 unspecified atom stereocenters. The van der Waals surface area contributed by atoms with Gasteiger partial charge in [0.1, 0.15) is 36.9 Å². The molecule has 2 aromatic carbocycles. The summed E-state index contributed by atoms with van der Waals surface area (Å²) in [6.07, 6.45) is 0.824. The number of nitrogens with zero attached hydrogens (tertiary/aromatic N) is 3. The van der Waals surface area contributed by atoms with Gasteiger partial charge in [-0.3, -0.25) is 38.5 Å². The van der Waals surface area contributed by atoms with Crippen LogP contribution in [0.4, 0.5) is 13.6 Å². The van der Waals surface area contributed by atoms with Crippen LogP contribution in [0.2, 0.25) is 0 Å². The average molecular weight is 851 g/mol. The van der Waals surface area contributed by atoms with Crippen LogP contribution in [0.25, 0.3) is 11.1 Å². The first-order chi connectivity index (χ1) is 28.8. The maximum atomic E-state index is 15.2. The van der Waals surface area contributed by atoms with Crippen molar-refractivity contribution in [3.63, 3.8) is 0 Å². The quantitative estimate of drug-likeness (QED) is 0.0625. The van der Waals surface area contributed by atoms with Gasteiger partial charge in [-0.15, -0.1) is 0 Å². The zero-order valence-electron chi connectivity index (χ0n) is 33.7. The predicted molar refractivity (Wildman–Crippen MR) is 214 cm³/mol. The molecule has 61 heavy (non-hydrogen) atoms. The van der Waals surface area contributed by atoms with E-state index < -0.39 is 102 Å². The number of carbonyl (C=O) groups is 8. The van der Waals surface area contributed by atoms with E-state index in [1.807, 2.05) is 35.6 Å². The Morgan fingerprint density at radius 2 is 1.52 bits per heavy atom. The van der Waals surface area contributed by atoms with E-state index in [4.69, 9.17) is 5.73 Å². The van der Waals surface area contributed by atoms with E-state index in [-0.39, 0.29) is 43.7 Å². The van der Waals surface area contributed by atoms with Crippen LogP contribution < -0.4 is 27.0 Å². The highest BCUT2D eigenvalue weighted by Crippen LogP contribution is 2.41. The van der Waals surface area contributed by atoms with E-state index in [1.54, 1.807) is 37.6 Å². The van der Waals surface area contributed by atoms with Crippen LogP contribution in [0.5, 0.6) is 0 Å². The molecule has 0 spiro atoms. The Balaban J connectivity index is 1.67. The fraction of sp³-hybridized carbons (Fsp3) is 0.366. The standard InChI is InChI=1S/C41H48F2N8O10/c1-41(2,3)37(31-17-25(27-18-26(42)9-10-28(27)43)21-49(31)20-24-7-5-4-6-8-24)50(36(57)23-52)16-13-29(47-39(59)30(19-32(44)53)48-40(60)61)38(58)46-15-14-45-33(54)22-51-34(55)11-12-35(51)56/h4-12,17-18,21,29-30,37,48,52H,13-16,19-20,22-23H2,1-3H3,(H2,44,53)(H,45,54)(H,46,58)(H,47,59)(H,60,61)/t29-,30-,37-/m0/s1. The summed E-state index contributed by atoms with van der Waals surface area (Å²) in [5, 5.41) is 28.8. The third-order valence-electron chi connectivity index (χ3n) is 9.49. The number of aliphatic hydroxyl groups is 1. The third-order valence-corrected chi connectivity index (χ3v) is 9.49. The Kier molecular flexibility index (Phi) is 16.0. The molecule has 0 aliphatic carbocycles. The number of carbonyl (C=O) groups excluding carboxylic acids is 7. The van der Waals surface area contributed by atoms with Crippen LogP contribution in [0, 0.1) is 17.0 Å². The molecule has 0 saturated heterocycles. The normalized spacial score (nSPS) is 13.9. The Morgan fingerprint density at radius 1 is 0.869 bits per heavy atom. The van der Waals surface area contributed by atoms with E-state index in [2.05, 4.69) is 16.0 Å². The van der Waals surface area contributed by atoms with Gasteiger partial charge in [0.25, 0.3) is 11.8 Å². The summed E-state index contributed by atoms with van der Waals surface area (Å²) >= 11 is 0. The number of nitrogens with one attached hydrogen (secondary N) is 4. The lowest BCUT2D eigenvalue weighted by atomic mass is 9.82. The van der Waals surface area contributed by atoms with Crippen LogP contribution in [-0.2, 0) is 40.1 Å². The molecule has 18 nitrogen and oxygen atoms in total. The van der Waals surface area contributed by atoms with Crippen molar-refractivity contribution in [2.45, 2.75) is 58.3 Å². The average Bonchev–Trinajstić information content (AvgIpc) is 3.74. The highest BCUT2D eigenvalue weighted by atomic mass is 19.1. The molecule has 326 valence electrons. The largest absolute Gasteiger partial charge is 0.465 e. The van der Waals surface area contributed by atoms with Gasteiger partial charge in [0.2, 0.25) is 29.5 Å². The van der Waals surface area contributed by atoms with E-state index in [9.17, 15) is 53.0 Å². The highest BCUT2D eigenvalue weighted by Gasteiger charge is 2.38. The maximum Gasteiger partial charge on any atom is 0.405 e. The molecule has 3 atom stereocenters. The van der Waals surface area contributed by atoms with Gasteiger partial charge in [-0.05, 0) is 41.7 Å². The van der Waals surface area contributed by atoms with Gasteiger partial charge >= 0.3 is 6.09 Å². The molecule has 0 radical (unpaired) electrons. The smallest absolute Gasteiger partial charge is 0.405 e. The van der Waals surface area contributed by atoms with Crippen molar-refractivity contribution >= 4 is 47.4 Å². The van der Waals surface area contributed by atoms with Gasteiger partial charge < -0.3 is 46.7 Å². The van der Waals surface area contributed by atoms with Gasteiger partial charge in [-0.2, -0.15) is 0 Å². The summed E-state index contributed by atoms with van der Waals surface area (Å²) in [7, 11) is 0. The Bertz CT molecular complexity index is 2140. The lowest BCUT2D eigenvalue weighted by molar-refractivity contribution is -0.141. The van der Waals surface area contributed by atoms with E-state index in [0.717, 1.165) is 35.9 Å². The molecule has 0 saturated carbocycles. The van der Waals surface area contributed by atoms with E-state index >= 15 is 4.39 Å². The number of nitrogens with two attached hydrogens (primary N) is 1. The predicted octanol–water partition coefficient (Wildman–Crippen LogP) is 0.934. The number of amides is 8.